The molecule has 0 aliphatic carbocycles. The predicted octanol–water partition coefficient (Wildman–Crippen LogP) is 0.838. The van der Waals surface area contributed by atoms with Crippen molar-refractivity contribution in [2.24, 2.45) is 0 Å². The summed E-state index contributed by atoms with van der Waals surface area (Å²) in [5.41, 5.74) is 0. The molecule has 3 heterocycles. The topological polar surface area (TPSA) is 60.6 Å². The van der Waals surface area contributed by atoms with Crippen LogP contribution in [-0.4, -0.2) is 61.1 Å². The molecule has 0 bridgehead atoms. The molecule has 1 aromatic rings. The van der Waals surface area contributed by atoms with E-state index < -0.39 is 0 Å². The maximum Gasteiger partial charge on any atom is 0.226 e. The van der Waals surface area contributed by atoms with Gasteiger partial charge in [-0.15, -0.1) is 0 Å². The normalized spacial score (nSPS) is 24.9. The zero-order chi connectivity index (χ0) is 12.9. The molecule has 0 amide bonds. The van der Waals surface area contributed by atoms with E-state index >= 15 is 0 Å². The Balaban J connectivity index is 1.42. The molecular weight excluding hydrogens is 246 g/mol. The summed E-state index contributed by atoms with van der Waals surface area (Å²) < 4.78 is 16.0. The average molecular weight is 267 g/mol. The van der Waals surface area contributed by atoms with Gasteiger partial charge >= 0.3 is 0 Å². The van der Waals surface area contributed by atoms with Gasteiger partial charge in [0, 0.05) is 32.0 Å². The lowest BCUT2D eigenvalue weighted by Crippen LogP contribution is -2.36. The molecule has 19 heavy (non-hydrogen) atoms. The number of morpholine rings is 1. The highest BCUT2D eigenvalue weighted by Gasteiger charge is 2.23. The summed E-state index contributed by atoms with van der Waals surface area (Å²) in [5, 5.41) is 4.06. The van der Waals surface area contributed by atoms with Gasteiger partial charge in [-0.2, -0.15) is 4.98 Å². The van der Waals surface area contributed by atoms with Crippen molar-refractivity contribution >= 4 is 0 Å². The number of hydrogen-bond acceptors (Lipinski definition) is 6. The maximum absolute atomic E-state index is 5.34. The Kier molecular flexibility index (Phi) is 4.42. The predicted molar refractivity (Wildman–Crippen MR) is 68.1 cm³/mol. The smallest absolute Gasteiger partial charge is 0.226 e. The summed E-state index contributed by atoms with van der Waals surface area (Å²) in [6, 6.07) is 0. The largest absolute Gasteiger partial charge is 0.381 e. The molecule has 2 aliphatic heterocycles. The van der Waals surface area contributed by atoms with E-state index in [-0.39, 0.29) is 0 Å². The molecule has 2 aliphatic rings. The van der Waals surface area contributed by atoms with Gasteiger partial charge < -0.3 is 14.0 Å². The quantitative estimate of drug-likeness (QED) is 0.788. The second-order valence-electron chi connectivity index (χ2n) is 5.16. The Labute approximate surface area is 113 Å². The second kappa shape index (κ2) is 6.45. The Morgan fingerprint density at radius 2 is 2.05 bits per heavy atom. The van der Waals surface area contributed by atoms with Crippen LogP contribution in [0.15, 0.2) is 4.52 Å². The third-order valence-corrected chi connectivity index (χ3v) is 3.75. The van der Waals surface area contributed by atoms with Crippen LogP contribution in [0.3, 0.4) is 0 Å². The summed E-state index contributed by atoms with van der Waals surface area (Å²) in [5.74, 6) is 1.91. The van der Waals surface area contributed by atoms with Crippen LogP contribution in [0.2, 0.25) is 0 Å². The summed E-state index contributed by atoms with van der Waals surface area (Å²) in [7, 11) is 0. The van der Waals surface area contributed by atoms with Crippen molar-refractivity contribution in [3.05, 3.63) is 11.7 Å². The highest BCUT2D eigenvalue weighted by Crippen LogP contribution is 2.22. The van der Waals surface area contributed by atoms with Crippen LogP contribution >= 0.6 is 0 Å². The zero-order valence-electron chi connectivity index (χ0n) is 11.2. The fourth-order valence-electron chi connectivity index (χ4n) is 2.55. The lowest BCUT2D eigenvalue weighted by molar-refractivity contribution is 0.0372. The Bertz CT molecular complexity index is 384. The van der Waals surface area contributed by atoms with Crippen LogP contribution in [0, 0.1) is 0 Å². The van der Waals surface area contributed by atoms with Crippen molar-refractivity contribution in [1.82, 2.24) is 15.0 Å². The fraction of sp³-hybridized carbons (Fsp3) is 0.846. The molecular formula is C13H21N3O3. The fourth-order valence-corrected chi connectivity index (χ4v) is 2.55. The molecule has 1 atom stereocenters. The number of nitrogens with zero attached hydrogens (tertiary/aromatic N) is 3. The number of rotatable bonds is 5. The molecule has 2 saturated heterocycles. The first kappa shape index (κ1) is 13.0. The van der Waals surface area contributed by atoms with Gasteiger partial charge in [-0.3, -0.25) is 4.90 Å². The van der Waals surface area contributed by atoms with Crippen molar-refractivity contribution in [3.8, 4) is 0 Å². The van der Waals surface area contributed by atoms with Gasteiger partial charge in [0.05, 0.1) is 19.8 Å². The molecule has 0 unspecified atom stereocenters. The Hall–Kier alpha value is -0.980. The second-order valence-corrected chi connectivity index (χ2v) is 5.16. The van der Waals surface area contributed by atoms with E-state index in [1.807, 2.05) is 0 Å². The van der Waals surface area contributed by atoms with Crippen LogP contribution in [0.1, 0.15) is 30.5 Å². The number of aromatic nitrogens is 2. The highest BCUT2D eigenvalue weighted by atomic mass is 16.5. The Morgan fingerprint density at radius 1 is 1.16 bits per heavy atom. The van der Waals surface area contributed by atoms with E-state index in [1.165, 1.54) is 0 Å². The molecule has 0 aromatic carbocycles. The van der Waals surface area contributed by atoms with Gasteiger partial charge in [0.25, 0.3) is 0 Å². The molecule has 1 aromatic heterocycles. The average Bonchev–Trinajstić information content (AvgIpc) is 3.10. The van der Waals surface area contributed by atoms with E-state index in [0.717, 1.165) is 77.0 Å². The van der Waals surface area contributed by atoms with E-state index in [9.17, 15) is 0 Å². The van der Waals surface area contributed by atoms with Crippen LogP contribution < -0.4 is 0 Å². The molecule has 0 N–H and O–H groups in total. The van der Waals surface area contributed by atoms with Crippen molar-refractivity contribution in [3.63, 3.8) is 0 Å². The van der Waals surface area contributed by atoms with Crippen molar-refractivity contribution in [2.45, 2.75) is 25.2 Å². The third kappa shape index (κ3) is 3.52. The first-order valence-corrected chi connectivity index (χ1v) is 7.12. The molecule has 2 fully saturated rings. The molecule has 0 saturated carbocycles. The minimum absolute atomic E-state index is 0.330. The standard InChI is InChI=1S/C13H21N3O3/c1(4-16-5-8-17-9-6-16)2-12-14-13(15-19-12)11-3-7-18-10-11/h11H,1-10H2/t11-/m0/s1. The third-order valence-electron chi connectivity index (χ3n) is 3.75. The summed E-state index contributed by atoms with van der Waals surface area (Å²) in [6.07, 6.45) is 2.92. The van der Waals surface area contributed by atoms with Crippen molar-refractivity contribution in [2.75, 3.05) is 46.1 Å². The van der Waals surface area contributed by atoms with Gasteiger partial charge in [-0.1, -0.05) is 5.16 Å². The van der Waals surface area contributed by atoms with Crippen LogP contribution in [0.25, 0.3) is 0 Å². The minimum Gasteiger partial charge on any atom is -0.381 e. The molecule has 0 spiro atoms. The molecule has 0 radical (unpaired) electrons. The summed E-state index contributed by atoms with van der Waals surface area (Å²) in [4.78, 5) is 6.90. The van der Waals surface area contributed by atoms with Crippen LogP contribution in [0.4, 0.5) is 0 Å². The molecule has 3 rings (SSSR count). The van der Waals surface area contributed by atoms with E-state index in [4.69, 9.17) is 14.0 Å². The maximum atomic E-state index is 5.34. The minimum atomic E-state index is 0.330. The van der Waals surface area contributed by atoms with Crippen LogP contribution in [0.5, 0.6) is 0 Å². The van der Waals surface area contributed by atoms with Crippen molar-refractivity contribution in [1.29, 1.82) is 0 Å². The van der Waals surface area contributed by atoms with Gasteiger partial charge in [0.2, 0.25) is 5.89 Å². The zero-order valence-corrected chi connectivity index (χ0v) is 11.2. The lowest BCUT2D eigenvalue weighted by atomic mass is 10.1. The summed E-state index contributed by atoms with van der Waals surface area (Å²) in [6.45, 7) is 6.40. The highest BCUT2D eigenvalue weighted by molar-refractivity contribution is 4.97. The Morgan fingerprint density at radius 3 is 2.84 bits per heavy atom. The first-order valence-electron chi connectivity index (χ1n) is 7.12. The monoisotopic (exact) mass is 267 g/mol. The molecule has 6 nitrogen and oxygen atoms in total. The van der Waals surface area contributed by atoms with Crippen LogP contribution in [-0.2, 0) is 15.9 Å². The van der Waals surface area contributed by atoms with Crippen molar-refractivity contribution < 1.29 is 14.0 Å². The van der Waals surface area contributed by atoms with E-state index in [2.05, 4.69) is 15.0 Å². The van der Waals surface area contributed by atoms with Gasteiger partial charge in [0.1, 0.15) is 0 Å². The van der Waals surface area contributed by atoms with Gasteiger partial charge in [-0.05, 0) is 19.4 Å². The molecule has 6 heteroatoms. The summed E-state index contributed by atoms with van der Waals surface area (Å²) >= 11 is 0. The SMILES string of the molecule is C(Cc1nc([C@H]2CCOC2)no1)CN1CCOCC1. The molecule has 106 valence electrons. The van der Waals surface area contributed by atoms with E-state index in [0.29, 0.717) is 5.92 Å². The first-order chi connectivity index (χ1) is 9.42. The number of ether oxygens (including phenoxy) is 2. The van der Waals surface area contributed by atoms with Gasteiger partial charge in [-0.25, -0.2) is 0 Å². The van der Waals surface area contributed by atoms with E-state index in [1.54, 1.807) is 0 Å². The number of hydrogen-bond donors (Lipinski definition) is 0. The lowest BCUT2D eigenvalue weighted by Gasteiger charge is -2.26. The number of aryl methyl sites for hydroxylation is 1. The van der Waals surface area contributed by atoms with Gasteiger partial charge in [0.15, 0.2) is 5.82 Å².